The first-order valence-electron chi connectivity index (χ1n) is 6.66. The van der Waals surface area contributed by atoms with Gasteiger partial charge >= 0.3 is 0 Å². The number of carbonyl (C=O) groups excluding carboxylic acids is 1. The summed E-state index contributed by atoms with van der Waals surface area (Å²) < 4.78 is 25.1. The van der Waals surface area contributed by atoms with Crippen LogP contribution < -0.4 is 16.4 Å². The molecule has 0 atom stereocenters. The van der Waals surface area contributed by atoms with E-state index >= 15 is 0 Å². The molecule has 0 spiro atoms. The van der Waals surface area contributed by atoms with Crippen molar-refractivity contribution in [2.75, 3.05) is 31.7 Å². The van der Waals surface area contributed by atoms with Gasteiger partial charge in [0.2, 0.25) is 15.9 Å². The summed E-state index contributed by atoms with van der Waals surface area (Å²) in [7, 11) is -0.592. The molecule has 0 saturated heterocycles. The predicted octanol–water partition coefficient (Wildman–Crippen LogP) is 0.210. The summed E-state index contributed by atoms with van der Waals surface area (Å²) in [5.41, 5.74) is 6.67. The first kappa shape index (κ1) is 15.6. The van der Waals surface area contributed by atoms with Crippen molar-refractivity contribution in [3.05, 3.63) is 18.2 Å². The molecule has 0 aliphatic heterocycles. The molecule has 1 fully saturated rings. The standard InChI is InChI=1S/C13H20N4O3S/c1-17(2)21(19,20)10-5-6-12(11(14)7-10)15-8-13(18)16-9-3-4-9/h5-7,9,15H,3-4,8,14H2,1-2H3,(H,16,18). The van der Waals surface area contributed by atoms with Crippen molar-refractivity contribution >= 4 is 27.3 Å². The molecular weight excluding hydrogens is 292 g/mol. The van der Waals surface area contributed by atoms with E-state index in [1.807, 2.05) is 0 Å². The Bertz CT molecular complexity index is 639. The molecule has 21 heavy (non-hydrogen) atoms. The Kier molecular flexibility index (Phi) is 4.38. The highest BCUT2D eigenvalue weighted by Crippen LogP contribution is 2.24. The number of nitrogens with two attached hydrogens (primary N) is 1. The number of benzene rings is 1. The van der Waals surface area contributed by atoms with Crippen LogP contribution in [0.15, 0.2) is 23.1 Å². The molecule has 1 aromatic carbocycles. The van der Waals surface area contributed by atoms with Crippen LogP contribution in [0.3, 0.4) is 0 Å². The fourth-order valence-corrected chi connectivity index (χ4v) is 2.69. The van der Waals surface area contributed by atoms with Crippen LogP contribution in [-0.2, 0) is 14.8 Å². The largest absolute Gasteiger partial charge is 0.397 e. The maximum Gasteiger partial charge on any atom is 0.242 e. The summed E-state index contributed by atoms with van der Waals surface area (Å²) in [5, 5.41) is 5.76. The lowest BCUT2D eigenvalue weighted by molar-refractivity contribution is -0.119. The molecule has 0 bridgehead atoms. The van der Waals surface area contributed by atoms with E-state index in [0.717, 1.165) is 17.1 Å². The van der Waals surface area contributed by atoms with Gasteiger partial charge in [-0.1, -0.05) is 0 Å². The minimum absolute atomic E-state index is 0.0955. The van der Waals surface area contributed by atoms with E-state index in [-0.39, 0.29) is 23.0 Å². The monoisotopic (exact) mass is 312 g/mol. The van der Waals surface area contributed by atoms with Gasteiger partial charge in [-0.2, -0.15) is 0 Å². The van der Waals surface area contributed by atoms with E-state index < -0.39 is 10.0 Å². The molecule has 7 nitrogen and oxygen atoms in total. The molecule has 0 aromatic heterocycles. The van der Waals surface area contributed by atoms with Gasteiger partial charge in [-0.3, -0.25) is 4.79 Å². The van der Waals surface area contributed by atoms with Crippen molar-refractivity contribution in [1.29, 1.82) is 0 Å². The number of anilines is 2. The maximum atomic E-state index is 12.0. The summed E-state index contributed by atoms with van der Waals surface area (Å²) in [6, 6.07) is 4.73. The molecule has 4 N–H and O–H groups in total. The van der Waals surface area contributed by atoms with Gasteiger partial charge < -0.3 is 16.4 Å². The lowest BCUT2D eigenvalue weighted by Gasteiger charge is -2.14. The zero-order valence-electron chi connectivity index (χ0n) is 12.1. The Morgan fingerprint density at radius 1 is 1.38 bits per heavy atom. The number of nitrogens with one attached hydrogen (secondary N) is 2. The fourth-order valence-electron chi connectivity index (χ4n) is 1.75. The van der Waals surface area contributed by atoms with E-state index in [9.17, 15) is 13.2 Å². The third-order valence-corrected chi connectivity index (χ3v) is 4.99. The normalized spacial score (nSPS) is 15.0. The van der Waals surface area contributed by atoms with Crippen molar-refractivity contribution in [1.82, 2.24) is 9.62 Å². The van der Waals surface area contributed by atoms with Crippen LogP contribution in [0, 0.1) is 0 Å². The molecule has 0 unspecified atom stereocenters. The van der Waals surface area contributed by atoms with Crippen molar-refractivity contribution in [2.24, 2.45) is 0 Å². The molecule has 1 aliphatic carbocycles. The van der Waals surface area contributed by atoms with Crippen molar-refractivity contribution in [3.63, 3.8) is 0 Å². The molecule has 1 saturated carbocycles. The Balaban J connectivity index is 2.03. The second kappa shape index (κ2) is 5.90. The van der Waals surface area contributed by atoms with Crippen LogP contribution in [-0.4, -0.2) is 45.3 Å². The highest BCUT2D eigenvalue weighted by atomic mass is 32.2. The minimum atomic E-state index is -3.51. The van der Waals surface area contributed by atoms with Crippen LogP contribution in [0.5, 0.6) is 0 Å². The average Bonchev–Trinajstić information content (AvgIpc) is 3.20. The van der Waals surface area contributed by atoms with Gasteiger partial charge in [0.05, 0.1) is 22.8 Å². The smallest absolute Gasteiger partial charge is 0.242 e. The molecule has 1 aromatic rings. The van der Waals surface area contributed by atoms with E-state index in [1.54, 1.807) is 6.07 Å². The summed E-state index contributed by atoms with van der Waals surface area (Å²) >= 11 is 0. The van der Waals surface area contributed by atoms with Gasteiger partial charge in [0.1, 0.15) is 0 Å². The van der Waals surface area contributed by atoms with Crippen LogP contribution in [0.1, 0.15) is 12.8 Å². The number of carbonyl (C=O) groups is 1. The van der Waals surface area contributed by atoms with Gasteiger partial charge in [-0.15, -0.1) is 0 Å². The molecule has 1 amide bonds. The molecule has 0 radical (unpaired) electrons. The van der Waals surface area contributed by atoms with Crippen molar-refractivity contribution in [3.8, 4) is 0 Å². The molecule has 116 valence electrons. The Morgan fingerprint density at radius 3 is 2.57 bits per heavy atom. The number of hydrogen-bond acceptors (Lipinski definition) is 5. The third kappa shape index (κ3) is 3.85. The average molecular weight is 312 g/mol. The zero-order valence-corrected chi connectivity index (χ0v) is 12.9. The summed E-state index contributed by atoms with van der Waals surface area (Å²) in [5.74, 6) is -0.0955. The first-order chi connectivity index (χ1) is 9.80. The number of nitrogen functional groups attached to an aromatic ring is 1. The fraction of sp³-hybridized carbons (Fsp3) is 0.462. The number of sulfonamides is 1. The van der Waals surface area contributed by atoms with Gasteiger partial charge in [0.15, 0.2) is 0 Å². The van der Waals surface area contributed by atoms with E-state index in [2.05, 4.69) is 10.6 Å². The van der Waals surface area contributed by atoms with Crippen LogP contribution in [0.25, 0.3) is 0 Å². The summed E-state index contributed by atoms with van der Waals surface area (Å²) in [4.78, 5) is 11.7. The second-order valence-corrected chi connectivity index (χ2v) is 7.38. The molecule has 0 heterocycles. The van der Waals surface area contributed by atoms with Gasteiger partial charge in [-0.05, 0) is 31.0 Å². The number of amides is 1. The number of rotatable bonds is 6. The SMILES string of the molecule is CN(C)S(=O)(=O)c1ccc(NCC(=O)NC2CC2)c(N)c1. The van der Waals surface area contributed by atoms with Crippen molar-refractivity contribution in [2.45, 2.75) is 23.8 Å². The van der Waals surface area contributed by atoms with E-state index in [0.29, 0.717) is 11.7 Å². The first-order valence-corrected chi connectivity index (χ1v) is 8.10. The topological polar surface area (TPSA) is 105 Å². The van der Waals surface area contributed by atoms with Crippen LogP contribution >= 0.6 is 0 Å². The minimum Gasteiger partial charge on any atom is -0.397 e. The third-order valence-electron chi connectivity index (χ3n) is 3.18. The second-order valence-electron chi connectivity index (χ2n) is 5.23. The lowest BCUT2D eigenvalue weighted by Crippen LogP contribution is -2.31. The quantitative estimate of drug-likeness (QED) is 0.651. The molecule has 8 heteroatoms. The molecular formula is C13H20N4O3S. The zero-order chi connectivity index (χ0) is 15.6. The van der Waals surface area contributed by atoms with Crippen LogP contribution in [0.2, 0.25) is 0 Å². The Morgan fingerprint density at radius 2 is 2.05 bits per heavy atom. The van der Waals surface area contributed by atoms with E-state index in [4.69, 9.17) is 5.73 Å². The highest BCUT2D eigenvalue weighted by molar-refractivity contribution is 7.89. The number of hydrogen-bond donors (Lipinski definition) is 3. The van der Waals surface area contributed by atoms with Crippen molar-refractivity contribution < 1.29 is 13.2 Å². The molecule has 1 aliphatic rings. The number of nitrogens with zero attached hydrogens (tertiary/aromatic N) is 1. The molecule has 2 rings (SSSR count). The summed E-state index contributed by atoms with van der Waals surface area (Å²) in [6.45, 7) is 0.112. The predicted molar refractivity (Wildman–Crippen MR) is 81.4 cm³/mol. The maximum absolute atomic E-state index is 12.0. The van der Waals surface area contributed by atoms with Gasteiger partial charge in [0.25, 0.3) is 0 Å². The Labute approximate surface area is 124 Å². The van der Waals surface area contributed by atoms with Gasteiger partial charge in [-0.25, -0.2) is 12.7 Å². The van der Waals surface area contributed by atoms with Crippen LogP contribution in [0.4, 0.5) is 11.4 Å². The highest BCUT2D eigenvalue weighted by Gasteiger charge is 2.23. The Hall–Kier alpha value is -1.80. The lowest BCUT2D eigenvalue weighted by atomic mass is 10.2. The van der Waals surface area contributed by atoms with Gasteiger partial charge in [0, 0.05) is 20.1 Å². The summed E-state index contributed by atoms with van der Waals surface area (Å²) in [6.07, 6.45) is 2.07. The van der Waals surface area contributed by atoms with E-state index in [1.165, 1.54) is 26.2 Å².